The van der Waals surface area contributed by atoms with Crippen molar-refractivity contribution in [2.24, 2.45) is 0 Å². The first-order chi connectivity index (χ1) is 13.9. The summed E-state index contributed by atoms with van der Waals surface area (Å²) in [7, 11) is 0. The third kappa shape index (κ3) is 4.38. The van der Waals surface area contributed by atoms with Crippen LogP contribution in [0.2, 0.25) is 0 Å². The minimum Gasteiger partial charge on any atom is -0.384 e. The molecule has 0 spiro atoms. The normalized spacial score (nSPS) is 18.2. The molecule has 0 amide bonds. The van der Waals surface area contributed by atoms with Gasteiger partial charge in [-0.05, 0) is 23.8 Å². The van der Waals surface area contributed by atoms with Gasteiger partial charge in [0.1, 0.15) is 17.5 Å². The van der Waals surface area contributed by atoms with Crippen LogP contribution in [0.25, 0.3) is 11.1 Å². The number of nitrogens with two attached hydrogens (primary N) is 1. The van der Waals surface area contributed by atoms with Gasteiger partial charge >= 0.3 is 6.18 Å². The SMILES string of the molecule is Nc1cc(C(F)(F)F)c(-c2cc(N3CCOCC3)nc(N3CCOCC3)c2)cn1. The summed E-state index contributed by atoms with van der Waals surface area (Å²) >= 11 is 0. The monoisotopic (exact) mass is 409 g/mol. The Hall–Kier alpha value is -2.59. The van der Waals surface area contributed by atoms with Crippen LogP contribution in [0.4, 0.5) is 30.6 Å². The lowest BCUT2D eigenvalue weighted by atomic mass is 10.0. The molecule has 2 aliphatic heterocycles. The van der Waals surface area contributed by atoms with E-state index in [2.05, 4.69) is 4.98 Å². The molecular weight excluding hydrogens is 387 g/mol. The smallest absolute Gasteiger partial charge is 0.384 e. The molecule has 2 N–H and O–H groups in total. The van der Waals surface area contributed by atoms with Gasteiger partial charge in [-0.15, -0.1) is 0 Å². The van der Waals surface area contributed by atoms with Crippen molar-refractivity contribution in [1.29, 1.82) is 0 Å². The molecule has 0 bridgehead atoms. The highest BCUT2D eigenvalue weighted by atomic mass is 19.4. The zero-order chi connectivity index (χ0) is 20.4. The summed E-state index contributed by atoms with van der Waals surface area (Å²) in [6, 6.07) is 4.23. The second kappa shape index (κ2) is 8.03. The number of morpholine rings is 2. The molecule has 2 saturated heterocycles. The number of aromatic nitrogens is 2. The molecule has 0 atom stereocenters. The molecule has 2 aromatic rings. The maximum atomic E-state index is 13.7. The van der Waals surface area contributed by atoms with Crippen LogP contribution in [0.1, 0.15) is 5.56 Å². The number of rotatable bonds is 3. The van der Waals surface area contributed by atoms with E-state index in [1.165, 1.54) is 6.20 Å². The van der Waals surface area contributed by atoms with Gasteiger partial charge in [0.05, 0.1) is 32.0 Å². The Bertz CT molecular complexity index is 829. The average molecular weight is 409 g/mol. The van der Waals surface area contributed by atoms with Gasteiger partial charge in [0, 0.05) is 37.9 Å². The third-order valence-corrected chi connectivity index (χ3v) is 5.01. The molecule has 29 heavy (non-hydrogen) atoms. The van der Waals surface area contributed by atoms with Crippen LogP contribution in [-0.4, -0.2) is 62.6 Å². The first-order valence-electron chi connectivity index (χ1n) is 9.42. The fraction of sp³-hybridized carbons (Fsp3) is 0.474. The van der Waals surface area contributed by atoms with Gasteiger partial charge in [0.2, 0.25) is 0 Å². The summed E-state index contributed by atoms with van der Waals surface area (Å²) in [4.78, 5) is 12.7. The second-order valence-corrected chi connectivity index (χ2v) is 6.92. The Labute approximate surface area is 166 Å². The van der Waals surface area contributed by atoms with Gasteiger partial charge in [0.25, 0.3) is 0 Å². The van der Waals surface area contributed by atoms with Gasteiger partial charge in [-0.3, -0.25) is 0 Å². The molecule has 4 rings (SSSR count). The van der Waals surface area contributed by atoms with Crippen LogP contribution in [0.5, 0.6) is 0 Å². The molecule has 0 radical (unpaired) electrons. The third-order valence-electron chi connectivity index (χ3n) is 5.01. The van der Waals surface area contributed by atoms with Crippen LogP contribution < -0.4 is 15.5 Å². The van der Waals surface area contributed by atoms with E-state index in [0.717, 1.165) is 6.07 Å². The van der Waals surface area contributed by atoms with Crippen LogP contribution in [0, 0.1) is 0 Å². The largest absolute Gasteiger partial charge is 0.417 e. The first kappa shape index (κ1) is 19.7. The summed E-state index contributed by atoms with van der Waals surface area (Å²) < 4.78 is 51.8. The highest BCUT2D eigenvalue weighted by molar-refractivity contribution is 5.74. The van der Waals surface area contributed by atoms with Gasteiger partial charge < -0.3 is 25.0 Å². The number of anilines is 3. The predicted molar refractivity (Wildman–Crippen MR) is 103 cm³/mol. The lowest BCUT2D eigenvalue weighted by Crippen LogP contribution is -2.39. The highest BCUT2D eigenvalue weighted by Gasteiger charge is 2.34. The molecule has 0 aliphatic carbocycles. The van der Waals surface area contributed by atoms with Crippen molar-refractivity contribution in [2.75, 3.05) is 68.1 Å². The van der Waals surface area contributed by atoms with Crippen molar-refractivity contribution < 1.29 is 22.6 Å². The number of hydrogen-bond donors (Lipinski definition) is 1. The minimum absolute atomic E-state index is 0.0156. The van der Waals surface area contributed by atoms with Crippen LogP contribution in [-0.2, 0) is 15.7 Å². The molecule has 0 saturated carbocycles. The fourth-order valence-electron chi connectivity index (χ4n) is 3.50. The molecule has 0 unspecified atom stereocenters. The summed E-state index contributed by atoms with van der Waals surface area (Å²) in [5.74, 6) is 1.08. The maximum Gasteiger partial charge on any atom is 0.417 e. The fourth-order valence-corrected chi connectivity index (χ4v) is 3.50. The topological polar surface area (TPSA) is 76.7 Å². The van der Waals surface area contributed by atoms with E-state index in [1.807, 2.05) is 9.80 Å². The van der Waals surface area contributed by atoms with Gasteiger partial charge in [-0.25, -0.2) is 9.97 Å². The number of pyridine rings is 2. The average Bonchev–Trinajstić information content (AvgIpc) is 2.74. The van der Waals surface area contributed by atoms with Gasteiger partial charge in [-0.2, -0.15) is 13.2 Å². The van der Waals surface area contributed by atoms with Crippen LogP contribution in [0.15, 0.2) is 24.4 Å². The van der Waals surface area contributed by atoms with Crippen molar-refractivity contribution in [3.05, 3.63) is 30.0 Å². The van der Waals surface area contributed by atoms with E-state index in [4.69, 9.17) is 20.2 Å². The Kier molecular flexibility index (Phi) is 5.46. The van der Waals surface area contributed by atoms with E-state index in [1.54, 1.807) is 12.1 Å². The number of alkyl halides is 3. The molecule has 0 aromatic carbocycles. The van der Waals surface area contributed by atoms with Crippen molar-refractivity contribution in [3.8, 4) is 11.1 Å². The summed E-state index contributed by atoms with van der Waals surface area (Å²) in [6.07, 6.45) is -3.37. The van der Waals surface area contributed by atoms with E-state index in [0.29, 0.717) is 69.8 Å². The maximum absolute atomic E-state index is 13.7. The van der Waals surface area contributed by atoms with Crippen molar-refractivity contribution in [1.82, 2.24) is 9.97 Å². The van der Waals surface area contributed by atoms with E-state index in [-0.39, 0.29) is 11.4 Å². The minimum atomic E-state index is -4.55. The molecule has 2 fully saturated rings. The Morgan fingerprint density at radius 3 is 1.86 bits per heavy atom. The quantitative estimate of drug-likeness (QED) is 0.834. The highest BCUT2D eigenvalue weighted by Crippen LogP contribution is 2.39. The molecular formula is C19H22F3N5O2. The second-order valence-electron chi connectivity index (χ2n) is 6.92. The Balaban J connectivity index is 1.82. The van der Waals surface area contributed by atoms with Crippen molar-refractivity contribution >= 4 is 17.5 Å². The standard InChI is InChI=1S/C19H22F3N5O2/c20-19(21,22)15-11-16(23)24-12-14(15)13-9-17(26-1-5-28-6-2-26)25-18(10-13)27-3-7-29-8-4-27/h9-12H,1-8H2,(H2,23,24). The molecule has 4 heterocycles. The molecule has 2 aromatic heterocycles. The summed E-state index contributed by atoms with van der Waals surface area (Å²) in [6.45, 7) is 4.73. The number of ether oxygens (including phenoxy) is 2. The number of halogens is 3. The van der Waals surface area contributed by atoms with Gasteiger partial charge in [-0.1, -0.05) is 0 Å². The number of hydrogen-bond acceptors (Lipinski definition) is 7. The first-order valence-corrected chi connectivity index (χ1v) is 9.42. The van der Waals surface area contributed by atoms with Crippen molar-refractivity contribution in [2.45, 2.75) is 6.18 Å². The zero-order valence-corrected chi connectivity index (χ0v) is 15.8. The molecule has 10 heteroatoms. The Morgan fingerprint density at radius 1 is 0.862 bits per heavy atom. The number of nitrogen functional groups attached to an aromatic ring is 1. The van der Waals surface area contributed by atoms with Crippen LogP contribution in [0.3, 0.4) is 0 Å². The van der Waals surface area contributed by atoms with Crippen molar-refractivity contribution in [3.63, 3.8) is 0 Å². The Morgan fingerprint density at radius 2 is 1.38 bits per heavy atom. The molecule has 156 valence electrons. The predicted octanol–water partition coefficient (Wildman–Crippen LogP) is 2.42. The van der Waals surface area contributed by atoms with Gasteiger partial charge in [0.15, 0.2) is 0 Å². The molecule has 7 nitrogen and oxygen atoms in total. The van der Waals surface area contributed by atoms with E-state index < -0.39 is 11.7 Å². The zero-order valence-electron chi connectivity index (χ0n) is 15.8. The number of nitrogens with zero attached hydrogens (tertiary/aromatic N) is 4. The van der Waals surface area contributed by atoms with Crippen LogP contribution >= 0.6 is 0 Å². The lowest BCUT2D eigenvalue weighted by molar-refractivity contribution is -0.137. The summed E-state index contributed by atoms with van der Waals surface area (Å²) in [5, 5.41) is 0. The van der Waals surface area contributed by atoms with E-state index >= 15 is 0 Å². The van der Waals surface area contributed by atoms with E-state index in [9.17, 15) is 13.2 Å². The summed E-state index contributed by atoms with van der Waals surface area (Å²) in [5.41, 5.74) is 5.11. The lowest BCUT2D eigenvalue weighted by Gasteiger charge is -2.32. The molecule has 2 aliphatic rings.